The Bertz CT molecular complexity index is 1130. The van der Waals surface area contributed by atoms with Gasteiger partial charge in [-0.1, -0.05) is 67.3 Å². The molecule has 4 aromatic rings. The van der Waals surface area contributed by atoms with Gasteiger partial charge in [0.25, 0.3) is 0 Å². The molecule has 0 aliphatic heterocycles. The molecule has 2 heterocycles. The van der Waals surface area contributed by atoms with Gasteiger partial charge < -0.3 is 4.74 Å². The maximum absolute atomic E-state index is 6.39. The molecule has 0 unspecified atom stereocenters. The first kappa shape index (κ1) is 17.2. The fraction of sp³-hybridized carbons (Fsp3) is 0.333. The zero-order chi connectivity index (χ0) is 18.9. The Morgan fingerprint density at radius 1 is 1.00 bits per heavy atom. The molecule has 0 spiro atoms. The number of para-hydroxylation sites is 1. The monoisotopic (exact) mass is 371 g/mol. The molecular formula is C24H25N3O. The van der Waals surface area contributed by atoms with E-state index in [-0.39, 0.29) is 0 Å². The highest BCUT2D eigenvalue weighted by Gasteiger charge is 2.23. The summed E-state index contributed by atoms with van der Waals surface area (Å²) in [4.78, 5) is 4.66. The van der Waals surface area contributed by atoms with Crippen molar-refractivity contribution in [3.63, 3.8) is 0 Å². The summed E-state index contributed by atoms with van der Waals surface area (Å²) < 4.78 is 8.54. The molecule has 1 fully saturated rings. The Labute approximate surface area is 165 Å². The fourth-order valence-corrected chi connectivity index (χ4v) is 4.34. The van der Waals surface area contributed by atoms with Gasteiger partial charge in [0.2, 0.25) is 5.88 Å². The molecule has 0 atom stereocenters. The summed E-state index contributed by atoms with van der Waals surface area (Å²) in [6.45, 7) is 2.66. The number of hydrogen-bond acceptors (Lipinski definition) is 3. The van der Waals surface area contributed by atoms with Gasteiger partial charge in [0.1, 0.15) is 12.1 Å². The average molecular weight is 371 g/mol. The van der Waals surface area contributed by atoms with Crippen LogP contribution in [0.3, 0.4) is 0 Å². The molecule has 2 aromatic carbocycles. The van der Waals surface area contributed by atoms with E-state index in [0.717, 1.165) is 27.7 Å². The van der Waals surface area contributed by atoms with E-state index in [1.807, 2.05) is 18.3 Å². The standard InChI is InChI=1S/C24H25N3O/c1-17-8-7-9-18(14-17)16-28-24-21-15-25-22-13-6-5-12-20(22)23(21)26-27(24)19-10-3-2-4-11-19/h5-9,12-15,19H,2-4,10-11,16H2,1H3. The van der Waals surface area contributed by atoms with Crippen molar-refractivity contribution < 1.29 is 4.74 Å². The second-order valence-electron chi connectivity index (χ2n) is 7.86. The van der Waals surface area contributed by atoms with Gasteiger partial charge >= 0.3 is 0 Å². The lowest BCUT2D eigenvalue weighted by molar-refractivity contribution is 0.241. The number of rotatable bonds is 4. The van der Waals surface area contributed by atoms with Crippen LogP contribution in [-0.2, 0) is 6.61 Å². The highest BCUT2D eigenvalue weighted by Crippen LogP contribution is 2.37. The Morgan fingerprint density at radius 3 is 2.71 bits per heavy atom. The Morgan fingerprint density at radius 2 is 1.86 bits per heavy atom. The predicted octanol–water partition coefficient (Wildman–Crippen LogP) is 5.98. The number of ether oxygens (including phenoxy) is 1. The van der Waals surface area contributed by atoms with Gasteiger partial charge in [-0.25, -0.2) is 4.68 Å². The Kier molecular flexibility index (Phi) is 4.47. The lowest BCUT2D eigenvalue weighted by Gasteiger charge is -2.23. The van der Waals surface area contributed by atoms with Crippen LogP contribution in [0, 0.1) is 6.92 Å². The zero-order valence-corrected chi connectivity index (χ0v) is 16.3. The van der Waals surface area contributed by atoms with Crippen LogP contribution in [-0.4, -0.2) is 14.8 Å². The first-order chi connectivity index (χ1) is 13.8. The Hall–Kier alpha value is -2.88. The fourth-order valence-electron chi connectivity index (χ4n) is 4.34. The van der Waals surface area contributed by atoms with Gasteiger partial charge in [-0.2, -0.15) is 5.10 Å². The molecule has 0 N–H and O–H groups in total. The summed E-state index contributed by atoms with van der Waals surface area (Å²) in [7, 11) is 0. The maximum Gasteiger partial charge on any atom is 0.222 e. The minimum atomic E-state index is 0.410. The molecule has 2 aromatic heterocycles. The molecule has 28 heavy (non-hydrogen) atoms. The summed E-state index contributed by atoms with van der Waals surface area (Å²) in [6.07, 6.45) is 8.10. The second kappa shape index (κ2) is 7.27. The molecule has 142 valence electrons. The van der Waals surface area contributed by atoms with Crippen molar-refractivity contribution in [2.24, 2.45) is 0 Å². The highest BCUT2D eigenvalue weighted by molar-refractivity contribution is 6.04. The maximum atomic E-state index is 6.39. The normalized spacial score (nSPS) is 15.3. The van der Waals surface area contributed by atoms with Gasteiger partial charge in [0, 0.05) is 11.6 Å². The van der Waals surface area contributed by atoms with Crippen LogP contribution in [0.25, 0.3) is 21.8 Å². The number of nitrogens with zero attached hydrogens (tertiary/aromatic N) is 3. The smallest absolute Gasteiger partial charge is 0.222 e. The summed E-state index contributed by atoms with van der Waals surface area (Å²) in [5.41, 5.74) is 4.40. The number of aryl methyl sites for hydroxylation is 1. The lowest BCUT2D eigenvalue weighted by Crippen LogP contribution is -2.15. The summed E-state index contributed by atoms with van der Waals surface area (Å²) in [6, 6.07) is 17.1. The van der Waals surface area contributed by atoms with Crippen LogP contribution in [0.15, 0.2) is 54.7 Å². The van der Waals surface area contributed by atoms with Crippen LogP contribution >= 0.6 is 0 Å². The van der Waals surface area contributed by atoms with E-state index in [9.17, 15) is 0 Å². The van der Waals surface area contributed by atoms with Crippen molar-refractivity contribution in [2.75, 3.05) is 0 Å². The number of pyridine rings is 1. The molecule has 5 rings (SSSR count). The van der Waals surface area contributed by atoms with Crippen molar-refractivity contribution in [1.29, 1.82) is 0 Å². The summed E-state index contributed by atoms with van der Waals surface area (Å²) in [5.74, 6) is 0.863. The van der Waals surface area contributed by atoms with E-state index >= 15 is 0 Å². The van der Waals surface area contributed by atoms with E-state index in [2.05, 4.69) is 53.0 Å². The highest BCUT2D eigenvalue weighted by atomic mass is 16.5. The number of hydrogen-bond donors (Lipinski definition) is 0. The van der Waals surface area contributed by atoms with Crippen LogP contribution in [0.4, 0.5) is 0 Å². The van der Waals surface area contributed by atoms with Crippen LogP contribution in [0.1, 0.15) is 49.3 Å². The Balaban J connectivity index is 1.60. The molecule has 0 bridgehead atoms. The van der Waals surface area contributed by atoms with Crippen molar-refractivity contribution in [3.8, 4) is 5.88 Å². The molecule has 1 aliphatic rings. The van der Waals surface area contributed by atoms with E-state index in [1.165, 1.54) is 43.2 Å². The van der Waals surface area contributed by atoms with Crippen LogP contribution < -0.4 is 4.74 Å². The molecule has 4 heteroatoms. The SMILES string of the molecule is Cc1cccc(COc2c3cnc4ccccc4c3nn2C2CCCCC2)c1. The van der Waals surface area contributed by atoms with Crippen LogP contribution in [0.5, 0.6) is 5.88 Å². The molecule has 1 aliphatic carbocycles. The molecule has 0 amide bonds. The number of fused-ring (bicyclic) bond motifs is 3. The molecular weight excluding hydrogens is 346 g/mol. The van der Waals surface area contributed by atoms with Crippen LogP contribution in [0.2, 0.25) is 0 Å². The first-order valence-electron chi connectivity index (χ1n) is 10.2. The zero-order valence-electron chi connectivity index (χ0n) is 16.3. The first-order valence-corrected chi connectivity index (χ1v) is 10.2. The molecule has 1 saturated carbocycles. The number of benzene rings is 2. The largest absolute Gasteiger partial charge is 0.472 e. The van der Waals surface area contributed by atoms with Gasteiger partial charge in [-0.15, -0.1) is 0 Å². The van der Waals surface area contributed by atoms with E-state index in [1.54, 1.807) is 0 Å². The quantitative estimate of drug-likeness (QED) is 0.443. The third kappa shape index (κ3) is 3.13. The van der Waals surface area contributed by atoms with Crippen molar-refractivity contribution in [1.82, 2.24) is 14.8 Å². The summed E-state index contributed by atoms with van der Waals surface area (Å²) in [5, 5.41) is 7.15. The minimum absolute atomic E-state index is 0.410. The van der Waals surface area contributed by atoms with Crippen molar-refractivity contribution in [2.45, 2.75) is 51.7 Å². The van der Waals surface area contributed by atoms with Gasteiger partial charge in [0.05, 0.1) is 16.9 Å². The third-order valence-electron chi connectivity index (χ3n) is 5.77. The number of aromatic nitrogens is 3. The molecule has 0 radical (unpaired) electrons. The second-order valence-corrected chi connectivity index (χ2v) is 7.86. The van der Waals surface area contributed by atoms with Crippen molar-refractivity contribution >= 4 is 21.8 Å². The minimum Gasteiger partial charge on any atom is -0.472 e. The van der Waals surface area contributed by atoms with Gasteiger partial charge in [-0.05, 0) is 31.4 Å². The van der Waals surface area contributed by atoms with Gasteiger partial charge in [0.15, 0.2) is 0 Å². The van der Waals surface area contributed by atoms with Crippen molar-refractivity contribution in [3.05, 3.63) is 65.9 Å². The average Bonchev–Trinajstić information content (AvgIpc) is 3.12. The predicted molar refractivity (Wildman–Crippen MR) is 113 cm³/mol. The van der Waals surface area contributed by atoms with Gasteiger partial charge in [-0.3, -0.25) is 4.98 Å². The molecule has 0 saturated heterocycles. The van der Waals surface area contributed by atoms with E-state index < -0.39 is 0 Å². The summed E-state index contributed by atoms with van der Waals surface area (Å²) >= 11 is 0. The van der Waals surface area contributed by atoms with E-state index in [4.69, 9.17) is 9.84 Å². The third-order valence-corrected chi connectivity index (χ3v) is 5.77. The topological polar surface area (TPSA) is 39.9 Å². The lowest BCUT2D eigenvalue weighted by atomic mass is 9.96. The molecule has 4 nitrogen and oxygen atoms in total. The van der Waals surface area contributed by atoms with E-state index in [0.29, 0.717) is 12.6 Å².